The summed E-state index contributed by atoms with van der Waals surface area (Å²) in [6.07, 6.45) is 2.67. The molecule has 1 aliphatic heterocycles. The molecule has 1 saturated heterocycles. The Morgan fingerprint density at radius 3 is 2.81 bits per heavy atom. The van der Waals surface area contributed by atoms with Crippen molar-refractivity contribution in [2.24, 2.45) is 5.92 Å². The van der Waals surface area contributed by atoms with Gasteiger partial charge < -0.3 is 10.2 Å². The second-order valence-electron chi connectivity index (χ2n) is 5.33. The third-order valence-corrected chi connectivity index (χ3v) is 4.44. The van der Waals surface area contributed by atoms with E-state index in [0.29, 0.717) is 22.4 Å². The average Bonchev–Trinajstić information content (AvgIpc) is 2.43. The van der Waals surface area contributed by atoms with E-state index in [9.17, 15) is 4.79 Å². The minimum Gasteiger partial charge on any atom is -0.342 e. The quantitative estimate of drug-likeness (QED) is 0.901. The minimum atomic E-state index is 0. The molecular weight excluding hydrogens is 331 g/mol. The van der Waals surface area contributed by atoms with Crippen molar-refractivity contribution in [1.82, 2.24) is 10.2 Å². The molecule has 118 valence electrons. The first-order valence-electron chi connectivity index (χ1n) is 6.96. The molecule has 1 unspecified atom stereocenters. The maximum absolute atomic E-state index is 12.3. The van der Waals surface area contributed by atoms with E-state index in [1.165, 1.54) is 6.42 Å². The van der Waals surface area contributed by atoms with Crippen LogP contribution < -0.4 is 5.32 Å². The van der Waals surface area contributed by atoms with E-state index < -0.39 is 0 Å². The number of carbonyl (C=O) groups is 1. The van der Waals surface area contributed by atoms with Gasteiger partial charge in [0.2, 0.25) is 5.91 Å². The molecule has 1 aromatic carbocycles. The number of hydrogen-bond donors (Lipinski definition) is 1. The lowest BCUT2D eigenvalue weighted by molar-refractivity contribution is -0.132. The van der Waals surface area contributed by atoms with Crippen molar-refractivity contribution in [3.8, 4) is 0 Å². The second-order valence-corrected chi connectivity index (χ2v) is 6.15. The Hall–Kier alpha value is -0.480. The summed E-state index contributed by atoms with van der Waals surface area (Å²) in [5, 5.41) is 4.22. The van der Waals surface area contributed by atoms with Crippen LogP contribution in [0.25, 0.3) is 0 Å². The van der Waals surface area contributed by atoms with Crippen molar-refractivity contribution in [3.63, 3.8) is 0 Å². The number of carbonyl (C=O) groups excluding carboxylic acids is 1. The van der Waals surface area contributed by atoms with Gasteiger partial charge >= 0.3 is 0 Å². The molecule has 6 heteroatoms. The van der Waals surface area contributed by atoms with E-state index in [1.807, 2.05) is 18.0 Å². The van der Waals surface area contributed by atoms with Crippen LogP contribution in [-0.2, 0) is 11.2 Å². The van der Waals surface area contributed by atoms with Crippen LogP contribution in [0.3, 0.4) is 0 Å². The van der Waals surface area contributed by atoms with Gasteiger partial charge in [-0.15, -0.1) is 12.4 Å². The normalized spacial score (nSPS) is 18.2. The van der Waals surface area contributed by atoms with E-state index in [1.54, 1.807) is 12.1 Å². The van der Waals surface area contributed by atoms with Crippen LogP contribution in [0, 0.1) is 5.92 Å². The highest BCUT2D eigenvalue weighted by Gasteiger charge is 2.23. The molecule has 1 atom stereocenters. The van der Waals surface area contributed by atoms with Gasteiger partial charge in [0.1, 0.15) is 0 Å². The van der Waals surface area contributed by atoms with Crippen LogP contribution in [0.15, 0.2) is 18.2 Å². The molecule has 0 aliphatic carbocycles. The molecule has 1 heterocycles. The fourth-order valence-corrected chi connectivity index (χ4v) is 3.00. The number of likely N-dealkylation sites (tertiary alicyclic amines) is 1. The summed E-state index contributed by atoms with van der Waals surface area (Å²) in [5.41, 5.74) is 0.917. The van der Waals surface area contributed by atoms with Crippen molar-refractivity contribution in [1.29, 1.82) is 0 Å². The number of nitrogens with one attached hydrogen (secondary N) is 1. The van der Waals surface area contributed by atoms with E-state index >= 15 is 0 Å². The number of piperidine rings is 1. The van der Waals surface area contributed by atoms with Gasteiger partial charge in [0.25, 0.3) is 0 Å². The van der Waals surface area contributed by atoms with Crippen LogP contribution in [0.5, 0.6) is 0 Å². The zero-order valence-electron chi connectivity index (χ0n) is 12.1. The highest BCUT2D eigenvalue weighted by Crippen LogP contribution is 2.23. The molecule has 0 saturated carbocycles. The van der Waals surface area contributed by atoms with Gasteiger partial charge in [-0.3, -0.25) is 4.79 Å². The third kappa shape index (κ3) is 5.33. The molecule has 0 aromatic heterocycles. The molecule has 1 aromatic rings. The maximum atomic E-state index is 12.3. The molecule has 1 aliphatic rings. The Bertz CT molecular complexity index is 480. The summed E-state index contributed by atoms with van der Waals surface area (Å²) in [5.74, 6) is 0.732. The summed E-state index contributed by atoms with van der Waals surface area (Å²) in [6, 6.07) is 5.38. The molecule has 1 N–H and O–H groups in total. The van der Waals surface area contributed by atoms with E-state index in [4.69, 9.17) is 23.2 Å². The van der Waals surface area contributed by atoms with Crippen LogP contribution >= 0.6 is 35.6 Å². The predicted molar refractivity (Wildman–Crippen MR) is 90.6 cm³/mol. The number of hydrogen-bond acceptors (Lipinski definition) is 2. The van der Waals surface area contributed by atoms with Crippen molar-refractivity contribution in [2.75, 3.05) is 26.7 Å². The van der Waals surface area contributed by atoms with Gasteiger partial charge in [-0.1, -0.05) is 29.3 Å². The highest BCUT2D eigenvalue weighted by atomic mass is 35.5. The standard InChI is InChI=1S/C15H20Cl2N2O.ClH/c1-18-9-12-3-2-6-19(10-12)15(20)8-11-4-5-13(16)14(17)7-11;/h4-5,7,12,18H,2-3,6,8-10H2,1H3;1H. The molecule has 0 radical (unpaired) electrons. The molecule has 21 heavy (non-hydrogen) atoms. The summed E-state index contributed by atoms with van der Waals surface area (Å²) in [6.45, 7) is 2.68. The number of nitrogens with zero attached hydrogens (tertiary/aromatic N) is 1. The monoisotopic (exact) mass is 350 g/mol. The lowest BCUT2D eigenvalue weighted by atomic mass is 9.97. The third-order valence-electron chi connectivity index (χ3n) is 3.70. The molecule has 0 spiro atoms. The SMILES string of the molecule is CNCC1CCCN(C(=O)Cc2ccc(Cl)c(Cl)c2)C1.Cl. The van der Waals surface area contributed by atoms with Gasteiger partial charge in [0.05, 0.1) is 16.5 Å². The Kier molecular flexibility index (Phi) is 7.82. The van der Waals surface area contributed by atoms with Crippen molar-refractivity contribution in [2.45, 2.75) is 19.3 Å². The summed E-state index contributed by atoms with van der Waals surface area (Å²) in [4.78, 5) is 14.3. The Labute approximate surface area is 142 Å². The topological polar surface area (TPSA) is 32.3 Å². The fraction of sp³-hybridized carbons (Fsp3) is 0.533. The zero-order chi connectivity index (χ0) is 14.5. The summed E-state index contributed by atoms with van der Waals surface area (Å²) in [7, 11) is 1.95. The maximum Gasteiger partial charge on any atom is 0.227 e. The Balaban J connectivity index is 0.00000220. The van der Waals surface area contributed by atoms with Gasteiger partial charge in [-0.05, 0) is 50.0 Å². The van der Waals surface area contributed by atoms with Crippen LogP contribution in [0.1, 0.15) is 18.4 Å². The summed E-state index contributed by atoms with van der Waals surface area (Å²) < 4.78 is 0. The molecule has 0 bridgehead atoms. The smallest absolute Gasteiger partial charge is 0.227 e. The van der Waals surface area contributed by atoms with E-state index in [2.05, 4.69) is 5.32 Å². The largest absolute Gasteiger partial charge is 0.342 e. The zero-order valence-corrected chi connectivity index (χ0v) is 14.4. The van der Waals surface area contributed by atoms with Crippen molar-refractivity contribution in [3.05, 3.63) is 33.8 Å². The Morgan fingerprint density at radius 2 is 2.14 bits per heavy atom. The van der Waals surface area contributed by atoms with Crippen LogP contribution in [0.2, 0.25) is 10.0 Å². The van der Waals surface area contributed by atoms with E-state index in [-0.39, 0.29) is 18.3 Å². The molecule has 1 fully saturated rings. The first-order valence-corrected chi connectivity index (χ1v) is 7.72. The number of amides is 1. The van der Waals surface area contributed by atoms with E-state index in [0.717, 1.165) is 31.6 Å². The molecular formula is C15H21Cl3N2O. The molecule has 3 nitrogen and oxygen atoms in total. The van der Waals surface area contributed by atoms with Gasteiger partial charge in [0.15, 0.2) is 0 Å². The van der Waals surface area contributed by atoms with Gasteiger partial charge in [-0.2, -0.15) is 0 Å². The van der Waals surface area contributed by atoms with Crippen LogP contribution in [0.4, 0.5) is 0 Å². The summed E-state index contributed by atoms with van der Waals surface area (Å²) >= 11 is 11.9. The van der Waals surface area contributed by atoms with Crippen molar-refractivity contribution >= 4 is 41.5 Å². The first kappa shape index (κ1) is 18.6. The number of halogens is 3. The van der Waals surface area contributed by atoms with Gasteiger partial charge in [-0.25, -0.2) is 0 Å². The van der Waals surface area contributed by atoms with Crippen LogP contribution in [-0.4, -0.2) is 37.5 Å². The van der Waals surface area contributed by atoms with Gasteiger partial charge in [0, 0.05) is 13.1 Å². The predicted octanol–water partition coefficient (Wildman–Crippen LogP) is 3.42. The fourth-order valence-electron chi connectivity index (χ4n) is 2.68. The highest BCUT2D eigenvalue weighted by molar-refractivity contribution is 6.42. The number of benzene rings is 1. The average molecular weight is 352 g/mol. The molecule has 1 amide bonds. The first-order chi connectivity index (χ1) is 9.60. The lowest BCUT2D eigenvalue weighted by Crippen LogP contribution is -2.43. The van der Waals surface area contributed by atoms with Crippen molar-refractivity contribution < 1.29 is 4.79 Å². The number of rotatable bonds is 4. The second kappa shape index (κ2) is 8.84. The minimum absolute atomic E-state index is 0. The lowest BCUT2D eigenvalue weighted by Gasteiger charge is -2.32. The molecule has 2 rings (SSSR count). The Morgan fingerprint density at radius 1 is 1.38 bits per heavy atom.